The van der Waals surface area contributed by atoms with Crippen LogP contribution in [-0.2, 0) is 6.54 Å². The molecule has 0 aromatic heterocycles. The lowest BCUT2D eigenvalue weighted by atomic mass is 10.2. The van der Waals surface area contributed by atoms with E-state index in [0.29, 0.717) is 6.54 Å². The molecule has 2 aromatic carbocycles. The quantitative estimate of drug-likeness (QED) is 0.749. The van der Waals surface area contributed by atoms with Gasteiger partial charge in [0.15, 0.2) is 0 Å². The highest BCUT2D eigenvalue weighted by molar-refractivity contribution is 6.35. The van der Waals surface area contributed by atoms with E-state index in [1.165, 1.54) is 5.69 Å². The minimum atomic E-state index is 0.702. The molecule has 2 rings (SSSR count). The molecule has 0 saturated carbocycles. The van der Waals surface area contributed by atoms with Crippen molar-refractivity contribution in [3.8, 4) is 0 Å². The zero-order chi connectivity index (χ0) is 15.1. The second-order valence-electron chi connectivity index (χ2n) is 4.99. The molecule has 1 N–H and O–H groups in total. The number of hydrogen-bond donors (Lipinski definition) is 1. The number of hydrogen-bond acceptors (Lipinski definition) is 2. The molecule has 0 aliphatic rings. The van der Waals surface area contributed by atoms with Crippen LogP contribution in [0.2, 0.25) is 10.0 Å². The molecule has 0 spiro atoms. The predicted octanol–water partition coefficient (Wildman–Crippen LogP) is 4.61. The van der Waals surface area contributed by atoms with Crippen molar-refractivity contribution in [2.24, 2.45) is 0 Å². The first-order chi connectivity index (χ1) is 10.2. The van der Waals surface area contributed by atoms with Crippen LogP contribution >= 0.6 is 23.2 Å². The standard InChI is InChI=1S/C17H20Cl2N2/c1-21(14-7-3-2-4-8-14)12-6-11-20-13-15-16(18)9-5-10-17(15)19/h2-5,7-10,20H,6,11-13H2,1H3. The predicted molar refractivity (Wildman–Crippen MR) is 92.5 cm³/mol. The van der Waals surface area contributed by atoms with Crippen LogP contribution in [-0.4, -0.2) is 20.1 Å². The zero-order valence-electron chi connectivity index (χ0n) is 12.2. The van der Waals surface area contributed by atoms with Crippen LogP contribution in [0.5, 0.6) is 0 Å². The summed E-state index contributed by atoms with van der Waals surface area (Å²) in [5, 5.41) is 4.83. The Morgan fingerprint density at radius 2 is 1.62 bits per heavy atom. The summed E-state index contributed by atoms with van der Waals surface area (Å²) < 4.78 is 0. The van der Waals surface area contributed by atoms with Crippen molar-refractivity contribution in [3.63, 3.8) is 0 Å². The van der Waals surface area contributed by atoms with E-state index in [4.69, 9.17) is 23.2 Å². The van der Waals surface area contributed by atoms with E-state index in [9.17, 15) is 0 Å². The Morgan fingerprint density at radius 1 is 0.952 bits per heavy atom. The number of rotatable bonds is 7. The van der Waals surface area contributed by atoms with Gasteiger partial charge in [0.05, 0.1) is 0 Å². The molecule has 112 valence electrons. The van der Waals surface area contributed by atoms with Crippen molar-refractivity contribution in [1.82, 2.24) is 5.32 Å². The minimum Gasteiger partial charge on any atom is -0.375 e. The molecule has 0 saturated heterocycles. The molecule has 0 fully saturated rings. The largest absolute Gasteiger partial charge is 0.375 e. The Bertz CT molecular complexity index is 538. The van der Waals surface area contributed by atoms with Crippen molar-refractivity contribution in [2.45, 2.75) is 13.0 Å². The summed E-state index contributed by atoms with van der Waals surface area (Å²) in [4.78, 5) is 2.25. The molecule has 0 amide bonds. The van der Waals surface area contributed by atoms with Crippen LogP contribution in [0.15, 0.2) is 48.5 Å². The molecule has 0 unspecified atom stereocenters. The lowest BCUT2D eigenvalue weighted by Crippen LogP contribution is -2.23. The van der Waals surface area contributed by atoms with E-state index in [-0.39, 0.29) is 0 Å². The van der Waals surface area contributed by atoms with Crippen LogP contribution in [0.1, 0.15) is 12.0 Å². The Labute approximate surface area is 136 Å². The van der Waals surface area contributed by atoms with Gasteiger partial charge >= 0.3 is 0 Å². The van der Waals surface area contributed by atoms with E-state index in [0.717, 1.165) is 35.1 Å². The highest BCUT2D eigenvalue weighted by Gasteiger charge is 2.04. The van der Waals surface area contributed by atoms with Gasteiger partial charge < -0.3 is 10.2 Å². The van der Waals surface area contributed by atoms with E-state index in [1.807, 2.05) is 24.3 Å². The highest BCUT2D eigenvalue weighted by atomic mass is 35.5. The Morgan fingerprint density at radius 3 is 2.29 bits per heavy atom. The van der Waals surface area contributed by atoms with E-state index in [2.05, 4.69) is 41.5 Å². The van der Waals surface area contributed by atoms with Gasteiger partial charge in [-0.25, -0.2) is 0 Å². The minimum absolute atomic E-state index is 0.702. The Balaban J connectivity index is 1.71. The SMILES string of the molecule is CN(CCCNCc1c(Cl)cccc1Cl)c1ccccc1. The third kappa shape index (κ3) is 4.92. The van der Waals surface area contributed by atoms with Gasteiger partial charge in [-0.3, -0.25) is 0 Å². The lowest BCUT2D eigenvalue weighted by Gasteiger charge is -2.19. The third-order valence-electron chi connectivity index (χ3n) is 3.41. The van der Waals surface area contributed by atoms with Crippen LogP contribution in [0, 0.1) is 0 Å². The first kappa shape index (κ1) is 16.2. The fourth-order valence-electron chi connectivity index (χ4n) is 2.17. The molecule has 0 radical (unpaired) electrons. The fourth-order valence-corrected chi connectivity index (χ4v) is 2.70. The fraction of sp³-hybridized carbons (Fsp3) is 0.294. The van der Waals surface area contributed by atoms with Crippen LogP contribution in [0.4, 0.5) is 5.69 Å². The maximum absolute atomic E-state index is 6.14. The van der Waals surface area contributed by atoms with Crippen molar-refractivity contribution in [3.05, 3.63) is 64.1 Å². The summed E-state index contributed by atoms with van der Waals surface area (Å²) in [6.07, 6.45) is 1.06. The molecule has 0 atom stereocenters. The van der Waals surface area contributed by atoms with E-state index >= 15 is 0 Å². The maximum atomic E-state index is 6.14. The summed E-state index contributed by atoms with van der Waals surface area (Å²) in [5.41, 5.74) is 2.21. The average Bonchev–Trinajstić information content (AvgIpc) is 2.50. The van der Waals surface area contributed by atoms with Gasteiger partial charge in [0.1, 0.15) is 0 Å². The Kier molecular flexibility index (Phi) is 6.37. The zero-order valence-corrected chi connectivity index (χ0v) is 13.7. The number of benzene rings is 2. The monoisotopic (exact) mass is 322 g/mol. The molecule has 2 nitrogen and oxygen atoms in total. The van der Waals surface area contributed by atoms with Gasteiger partial charge in [-0.1, -0.05) is 47.5 Å². The molecule has 0 bridgehead atoms. The van der Waals surface area contributed by atoms with Gasteiger partial charge in [0.2, 0.25) is 0 Å². The molecule has 4 heteroatoms. The maximum Gasteiger partial charge on any atom is 0.0465 e. The van der Waals surface area contributed by atoms with E-state index < -0.39 is 0 Å². The van der Waals surface area contributed by atoms with Gasteiger partial charge in [-0.15, -0.1) is 0 Å². The molecule has 2 aromatic rings. The lowest BCUT2D eigenvalue weighted by molar-refractivity contribution is 0.646. The first-order valence-corrected chi connectivity index (χ1v) is 7.84. The number of anilines is 1. The molecular formula is C17H20Cl2N2. The van der Waals surface area contributed by atoms with Crippen molar-refractivity contribution >= 4 is 28.9 Å². The number of nitrogens with one attached hydrogen (secondary N) is 1. The highest BCUT2D eigenvalue weighted by Crippen LogP contribution is 2.23. The molecule has 0 aliphatic carbocycles. The third-order valence-corrected chi connectivity index (χ3v) is 4.12. The van der Waals surface area contributed by atoms with Crippen LogP contribution in [0.25, 0.3) is 0 Å². The first-order valence-electron chi connectivity index (χ1n) is 7.08. The number of halogens is 2. The smallest absolute Gasteiger partial charge is 0.0465 e. The molecule has 0 heterocycles. The van der Waals surface area contributed by atoms with Crippen LogP contribution < -0.4 is 10.2 Å². The molecular weight excluding hydrogens is 303 g/mol. The van der Waals surface area contributed by atoms with Crippen molar-refractivity contribution in [2.75, 3.05) is 25.0 Å². The normalized spacial score (nSPS) is 10.6. The summed E-state index contributed by atoms with van der Waals surface area (Å²) in [5.74, 6) is 0. The summed E-state index contributed by atoms with van der Waals surface area (Å²) in [7, 11) is 2.11. The summed E-state index contributed by atoms with van der Waals surface area (Å²) >= 11 is 12.3. The number of para-hydroxylation sites is 1. The summed E-state index contributed by atoms with van der Waals surface area (Å²) in [6.45, 7) is 2.64. The van der Waals surface area contributed by atoms with Gasteiger partial charge in [0, 0.05) is 41.4 Å². The van der Waals surface area contributed by atoms with Crippen molar-refractivity contribution < 1.29 is 0 Å². The number of nitrogens with zero attached hydrogens (tertiary/aromatic N) is 1. The van der Waals surface area contributed by atoms with Crippen molar-refractivity contribution in [1.29, 1.82) is 0 Å². The van der Waals surface area contributed by atoms with Gasteiger partial charge in [0.25, 0.3) is 0 Å². The Hall–Kier alpha value is -1.22. The van der Waals surface area contributed by atoms with Crippen LogP contribution in [0.3, 0.4) is 0 Å². The summed E-state index contributed by atoms with van der Waals surface area (Å²) in [6, 6.07) is 16.0. The molecule has 21 heavy (non-hydrogen) atoms. The second kappa shape index (κ2) is 8.28. The topological polar surface area (TPSA) is 15.3 Å². The van der Waals surface area contributed by atoms with Gasteiger partial charge in [-0.2, -0.15) is 0 Å². The second-order valence-corrected chi connectivity index (χ2v) is 5.80. The molecule has 0 aliphatic heterocycles. The average molecular weight is 323 g/mol. The van der Waals surface area contributed by atoms with E-state index in [1.54, 1.807) is 0 Å². The van der Waals surface area contributed by atoms with Gasteiger partial charge in [-0.05, 0) is 37.2 Å².